The molecule has 5 heteroatoms. The van der Waals surface area contributed by atoms with Gasteiger partial charge in [0.2, 0.25) is 5.67 Å². The molecule has 2 atom stereocenters. The molecule has 0 radical (unpaired) electrons. The van der Waals surface area contributed by atoms with Crippen molar-refractivity contribution in [2.24, 2.45) is 0 Å². The molecule has 2 unspecified atom stereocenters. The lowest BCUT2D eigenvalue weighted by Gasteiger charge is -2.32. The first-order valence-corrected chi connectivity index (χ1v) is 3.77. The number of aliphatic hydroxyl groups excluding tert-OH is 1. The van der Waals surface area contributed by atoms with Crippen molar-refractivity contribution in [3.63, 3.8) is 0 Å². The van der Waals surface area contributed by atoms with Crippen molar-refractivity contribution in [3.05, 3.63) is 0 Å². The minimum atomic E-state index is -2.22. The van der Waals surface area contributed by atoms with Gasteiger partial charge in [-0.05, 0) is 6.54 Å². The molecule has 0 amide bonds. The third kappa shape index (κ3) is 1.42. The maximum Gasteiger partial charge on any atom is 0.346 e. The van der Waals surface area contributed by atoms with E-state index in [-0.39, 0.29) is 13.0 Å². The molecule has 0 aromatic rings. The minimum Gasteiger partial charge on any atom is -0.467 e. The van der Waals surface area contributed by atoms with Crippen LogP contribution in [-0.2, 0) is 9.53 Å². The molecular formula is C7H12FNO3. The van der Waals surface area contributed by atoms with Crippen molar-refractivity contribution in [1.29, 1.82) is 0 Å². The highest BCUT2D eigenvalue weighted by Gasteiger charge is 2.48. The number of β-amino-alcohol motifs (C(OH)–C–C–N with tert-alkyl or cyclic N) is 1. The predicted molar refractivity (Wildman–Crippen MR) is 39.3 cm³/mol. The summed E-state index contributed by atoms with van der Waals surface area (Å²) in [6.45, 7) is 0.467. The number of halogens is 1. The third-order valence-corrected chi connectivity index (χ3v) is 2.06. The van der Waals surface area contributed by atoms with E-state index in [0.717, 1.165) is 7.11 Å². The smallest absolute Gasteiger partial charge is 0.346 e. The minimum absolute atomic E-state index is 0.0408. The Morgan fingerprint density at radius 3 is 3.00 bits per heavy atom. The molecule has 70 valence electrons. The zero-order chi connectivity index (χ0) is 9.19. The Hall–Kier alpha value is -0.680. The fraction of sp³-hybridized carbons (Fsp3) is 0.857. The number of hydrogen-bond acceptors (Lipinski definition) is 4. The number of hydrogen-bond donors (Lipinski definition) is 2. The van der Waals surface area contributed by atoms with Crippen LogP contribution in [0.15, 0.2) is 0 Å². The highest BCUT2D eigenvalue weighted by atomic mass is 19.1. The second kappa shape index (κ2) is 3.37. The summed E-state index contributed by atoms with van der Waals surface area (Å²) < 4.78 is 17.9. The summed E-state index contributed by atoms with van der Waals surface area (Å²) in [6.07, 6.45) is -1.35. The molecule has 1 heterocycles. The van der Waals surface area contributed by atoms with Crippen molar-refractivity contribution in [1.82, 2.24) is 5.32 Å². The molecule has 1 saturated heterocycles. The van der Waals surface area contributed by atoms with Crippen molar-refractivity contribution in [3.8, 4) is 0 Å². The molecule has 0 saturated carbocycles. The SMILES string of the molecule is COC(=O)C1(F)CCNCC1O. The van der Waals surface area contributed by atoms with Crippen LogP contribution in [-0.4, -0.2) is 43.0 Å². The molecular weight excluding hydrogens is 165 g/mol. The number of alkyl halides is 1. The lowest BCUT2D eigenvalue weighted by atomic mass is 9.92. The molecule has 0 aliphatic carbocycles. The lowest BCUT2D eigenvalue weighted by molar-refractivity contribution is -0.165. The van der Waals surface area contributed by atoms with Gasteiger partial charge in [-0.15, -0.1) is 0 Å². The summed E-state index contributed by atoms with van der Waals surface area (Å²) in [5.74, 6) is -0.989. The molecule has 1 fully saturated rings. The number of aliphatic hydroxyl groups is 1. The Morgan fingerprint density at radius 1 is 1.83 bits per heavy atom. The lowest BCUT2D eigenvalue weighted by Crippen LogP contribution is -2.56. The first kappa shape index (κ1) is 9.41. The number of carbonyl (C=O) groups is 1. The van der Waals surface area contributed by atoms with Gasteiger partial charge in [-0.1, -0.05) is 0 Å². The number of ether oxygens (including phenoxy) is 1. The third-order valence-electron chi connectivity index (χ3n) is 2.06. The predicted octanol–water partition coefficient (Wildman–Crippen LogP) is -0.778. The van der Waals surface area contributed by atoms with Gasteiger partial charge in [0, 0.05) is 13.0 Å². The van der Waals surface area contributed by atoms with Crippen LogP contribution in [0.5, 0.6) is 0 Å². The van der Waals surface area contributed by atoms with Crippen LogP contribution < -0.4 is 5.32 Å². The molecule has 1 aliphatic heterocycles. The highest BCUT2D eigenvalue weighted by Crippen LogP contribution is 2.24. The second-order valence-electron chi connectivity index (χ2n) is 2.82. The van der Waals surface area contributed by atoms with Gasteiger partial charge in [-0.3, -0.25) is 0 Å². The van der Waals surface area contributed by atoms with E-state index in [4.69, 9.17) is 0 Å². The average molecular weight is 177 g/mol. The van der Waals surface area contributed by atoms with E-state index < -0.39 is 17.7 Å². The van der Waals surface area contributed by atoms with Gasteiger partial charge in [-0.2, -0.15) is 0 Å². The molecule has 0 aromatic carbocycles. The number of piperidine rings is 1. The van der Waals surface area contributed by atoms with Gasteiger partial charge in [0.1, 0.15) is 6.10 Å². The van der Waals surface area contributed by atoms with Crippen LogP contribution in [0.1, 0.15) is 6.42 Å². The average Bonchev–Trinajstić information content (AvgIpc) is 2.09. The summed E-state index contributed by atoms with van der Waals surface area (Å²) in [7, 11) is 1.11. The fourth-order valence-corrected chi connectivity index (χ4v) is 1.25. The number of rotatable bonds is 1. The molecule has 1 aliphatic rings. The van der Waals surface area contributed by atoms with Crippen molar-refractivity contribution in [2.75, 3.05) is 20.2 Å². The largest absolute Gasteiger partial charge is 0.467 e. The summed E-state index contributed by atoms with van der Waals surface area (Å²) in [6, 6.07) is 0. The monoisotopic (exact) mass is 177 g/mol. The van der Waals surface area contributed by atoms with E-state index in [0.29, 0.717) is 6.54 Å². The zero-order valence-corrected chi connectivity index (χ0v) is 6.84. The van der Waals surface area contributed by atoms with E-state index in [1.54, 1.807) is 0 Å². The summed E-state index contributed by atoms with van der Waals surface area (Å²) >= 11 is 0. The summed E-state index contributed by atoms with van der Waals surface area (Å²) in [5, 5.41) is 12.0. The van der Waals surface area contributed by atoms with E-state index in [1.165, 1.54) is 0 Å². The van der Waals surface area contributed by atoms with Crippen LogP contribution in [0.4, 0.5) is 4.39 Å². The van der Waals surface area contributed by atoms with E-state index in [2.05, 4.69) is 10.1 Å². The van der Waals surface area contributed by atoms with Crippen LogP contribution in [0.25, 0.3) is 0 Å². The Kier molecular flexibility index (Phi) is 2.64. The zero-order valence-electron chi connectivity index (χ0n) is 6.84. The quantitative estimate of drug-likeness (QED) is 0.516. The fourth-order valence-electron chi connectivity index (χ4n) is 1.25. The Labute approximate surface area is 69.7 Å². The van der Waals surface area contributed by atoms with Gasteiger partial charge >= 0.3 is 5.97 Å². The number of carbonyl (C=O) groups excluding carboxylic acids is 1. The highest BCUT2D eigenvalue weighted by molar-refractivity contribution is 5.80. The topological polar surface area (TPSA) is 58.6 Å². The second-order valence-corrected chi connectivity index (χ2v) is 2.82. The Morgan fingerprint density at radius 2 is 2.50 bits per heavy atom. The molecule has 0 bridgehead atoms. The van der Waals surface area contributed by atoms with Crippen molar-refractivity contribution >= 4 is 5.97 Å². The van der Waals surface area contributed by atoms with Gasteiger partial charge < -0.3 is 15.2 Å². The molecule has 2 N–H and O–H groups in total. The number of methoxy groups -OCH3 is 1. The standard InChI is InChI=1S/C7H12FNO3/c1-12-6(11)7(8)2-3-9-4-5(7)10/h5,9-10H,2-4H2,1H3. The Balaban J connectivity index is 2.72. The first-order chi connectivity index (χ1) is 5.61. The molecule has 4 nitrogen and oxygen atoms in total. The normalized spacial score (nSPS) is 36.1. The molecule has 12 heavy (non-hydrogen) atoms. The van der Waals surface area contributed by atoms with E-state index in [1.807, 2.05) is 0 Å². The first-order valence-electron chi connectivity index (χ1n) is 3.77. The maximum atomic E-state index is 13.6. The van der Waals surface area contributed by atoms with Crippen LogP contribution in [0.3, 0.4) is 0 Å². The summed E-state index contributed by atoms with van der Waals surface area (Å²) in [4.78, 5) is 10.9. The number of esters is 1. The van der Waals surface area contributed by atoms with E-state index in [9.17, 15) is 14.3 Å². The number of nitrogens with one attached hydrogen (secondary N) is 1. The van der Waals surface area contributed by atoms with Crippen molar-refractivity contribution < 1.29 is 19.0 Å². The maximum absolute atomic E-state index is 13.6. The molecule has 0 spiro atoms. The Bertz CT molecular complexity index is 187. The van der Waals surface area contributed by atoms with Crippen LogP contribution in [0, 0.1) is 0 Å². The van der Waals surface area contributed by atoms with Gasteiger partial charge in [0.05, 0.1) is 7.11 Å². The van der Waals surface area contributed by atoms with Gasteiger partial charge in [0.25, 0.3) is 0 Å². The molecule has 0 aromatic heterocycles. The van der Waals surface area contributed by atoms with Crippen molar-refractivity contribution in [2.45, 2.75) is 18.2 Å². The molecule has 1 rings (SSSR count). The van der Waals surface area contributed by atoms with Gasteiger partial charge in [0.15, 0.2) is 0 Å². The van der Waals surface area contributed by atoms with Crippen LogP contribution in [0.2, 0.25) is 0 Å². The van der Waals surface area contributed by atoms with Crippen LogP contribution >= 0.6 is 0 Å². The van der Waals surface area contributed by atoms with Gasteiger partial charge in [-0.25, -0.2) is 9.18 Å². The summed E-state index contributed by atoms with van der Waals surface area (Å²) in [5.41, 5.74) is -2.22. The van der Waals surface area contributed by atoms with E-state index >= 15 is 0 Å².